The molecule has 0 unspecified atom stereocenters. The Morgan fingerprint density at radius 2 is 1.86 bits per heavy atom. The van der Waals surface area contributed by atoms with Crippen molar-refractivity contribution >= 4 is 27.5 Å². The van der Waals surface area contributed by atoms with Crippen LogP contribution in [0.5, 0.6) is 0 Å². The quantitative estimate of drug-likeness (QED) is 0.896. The molecule has 3 rings (SSSR count). The van der Waals surface area contributed by atoms with Gasteiger partial charge < -0.3 is 10.2 Å². The Morgan fingerprint density at radius 1 is 1.09 bits per heavy atom. The van der Waals surface area contributed by atoms with E-state index in [2.05, 4.69) is 50.4 Å². The first-order valence-corrected chi connectivity index (χ1v) is 8.39. The molecule has 1 heterocycles. The van der Waals surface area contributed by atoms with Crippen molar-refractivity contribution in [1.82, 2.24) is 5.32 Å². The Labute approximate surface area is 139 Å². The number of halogens is 1. The molecule has 114 valence electrons. The summed E-state index contributed by atoms with van der Waals surface area (Å²) in [5.74, 6) is -0.0483. The van der Waals surface area contributed by atoms with Crippen LogP contribution in [0, 0.1) is 0 Å². The Kier molecular flexibility index (Phi) is 4.78. The molecule has 0 saturated carbocycles. The molecule has 1 saturated heterocycles. The van der Waals surface area contributed by atoms with Crippen LogP contribution in [0.4, 0.5) is 5.69 Å². The zero-order valence-electron chi connectivity index (χ0n) is 12.4. The summed E-state index contributed by atoms with van der Waals surface area (Å²) in [6.45, 7) is 2.81. The van der Waals surface area contributed by atoms with Gasteiger partial charge in [0.2, 0.25) is 0 Å². The molecule has 0 aromatic heterocycles. The summed E-state index contributed by atoms with van der Waals surface area (Å²) in [5, 5.41) is 2.98. The number of benzene rings is 2. The van der Waals surface area contributed by atoms with Gasteiger partial charge in [-0.1, -0.05) is 34.1 Å². The third kappa shape index (κ3) is 3.69. The highest BCUT2D eigenvalue weighted by Gasteiger charge is 2.12. The smallest absolute Gasteiger partial charge is 0.251 e. The van der Waals surface area contributed by atoms with E-state index in [1.54, 1.807) is 0 Å². The highest BCUT2D eigenvalue weighted by molar-refractivity contribution is 9.10. The molecule has 2 aromatic carbocycles. The maximum atomic E-state index is 12.2. The van der Waals surface area contributed by atoms with Crippen molar-refractivity contribution in [2.24, 2.45) is 0 Å². The van der Waals surface area contributed by atoms with Gasteiger partial charge >= 0.3 is 0 Å². The predicted octanol–water partition coefficient (Wildman–Crippen LogP) is 3.98. The van der Waals surface area contributed by atoms with Crippen molar-refractivity contribution in [1.29, 1.82) is 0 Å². The minimum absolute atomic E-state index is 0.0483. The van der Waals surface area contributed by atoms with E-state index in [0.717, 1.165) is 23.1 Å². The number of nitrogens with zero attached hydrogens (tertiary/aromatic N) is 1. The van der Waals surface area contributed by atoms with E-state index in [-0.39, 0.29) is 5.91 Å². The van der Waals surface area contributed by atoms with Gasteiger partial charge in [-0.2, -0.15) is 0 Å². The topological polar surface area (TPSA) is 32.3 Å². The molecular formula is C18H19BrN2O. The highest BCUT2D eigenvalue weighted by atomic mass is 79.9. The normalized spacial score (nSPS) is 14.1. The molecule has 0 bridgehead atoms. The lowest BCUT2D eigenvalue weighted by molar-refractivity contribution is 0.0951. The first kappa shape index (κ1) is 15.1. The fourth-order valence-electron chi connectivity index (χ4n) is 2.75. The third-order valence-corrected chi connectivity index (χ3v) is 4.41. The third-order valence-electron chi connectivity index (χ3n) is 3.92. The first-order chi connectivity index (χ1) is 10.7. The molecule has 22 heavy (non-hydrogen) atoms. The standard InChI is InChI=1S/C18H19BrN2O/c19-16-7-4-6-15(12-16)18(22)20-13-14-5-3-8-17(11-14)21-9-1-2-10-21/h3-8,11-12H,1-2,9-10,13H2,(H,20,22). The van der Waals surface area contributed by atoms with Gasteiger partial charge in [0.05, 0.1) is 0 Å². The van der Waals surface area contributed by atoms with Crippen LogP contribution >= 0.6 is 15.9 Å². The number of carbonyl (C=O) groups is 1. The van der Waals surface area contributed by atoms with Crippen LogP contribution in [-0.4, -0.2) is 19.0 Å². The van der Waals surface area contributed by atoms with Crippen LogP contribution in [-0.2, 0) is 6.54 Å². The van der Waals surface area contributed by atoms with Crippen LogP contribution in [0.25, 0.3) is 0 Å². The molecule has 1 amide bonds. The molecule has 2 aromatic rings. The number of rotatable bonds is 4. The van der Waals surface area contributed by atoms with Crippen molar-refractivity contribution in [3.05, 3.63) is 64.1 Å². The summed E-state index contributed by atoms with van der Waals surface area (Å²) in [4.78, 5) is 14.6. The lowest BCUT2D eigenvalue weighted by Gasteiger charge is -2.18. The first-order valence-electron chi connectivity index (χ1n) is 7.60. The zero-order valence-corrected chi connectivity index (χ0v) is 14.0. The number of anilines is 1. The van der Waals surface area contributed by atoms with Gasteiger partial charge in [-0.25, -0.2) is 0 Å². The van der Waals surface area contributed by atoms with Gasteiger partial charge in [0.15, 0.2) is 0 Å². The molecule has 1 aliphatic rings. The zero-order chi connectivity index (χ0) is 15.4. The van der Waals surface area contributed by atoms with Crippen molar-refractivity contribution in [2.45, 2.75) is 19.4 Å². The molecule has 0 aliphatic carbocycles. The predicted molar refractivity (Wildman–Crippen MR) is 93.2 cm³/mol. The molecular weight excluding hydrogens is 340 g/mol. The van der Waals surface area contributed by atoms with E-state index in [9.17, 15) is 4.79 Å². The maximum absolute atomic E-state index is 12.2. The van der Waals surface area contributed by atoms with Gasteiger partial charge in [0.25, 0.3) is 5.91 Å². The van der Waals surface area contributed by atoms with Crippen LogP contribution in [0.15, 0.2) is 53.0 Å². The average molecular weight is 359 g/mol. The van der Waals surface area contributed by atoms with Crippen molar-refractivity contribution in [3.8, 4) is 0 Å². The van der Waals surface area contributed by atoms with Gasteiger partial charge in [-0.15, -0.1) is 0 Å². The van der Waals surface area contributed by atoms with E-state index in [1.165, 1.54) is 18.5 Å². The number of hydrogen-bond donors (Lipinski definition) is 1. The van der Waals surface area contributed by atoms with Gasteiger partial charge in [0.1, 0.15) is 0 Å². The fraction of sp³-hybridized carbons (Fsp3) is 0.278. The molecule has 1 fully saturated rings. The number of amides is 1. The molecule has 0 radical (unpaired) electrons. The molecule has 1 aliphatic heterocycles. The van der Waals surface area contributed by atoms with E-state index in [0.29, 0.717) is 12.1 Å². The van der Waals surface area contributed by atoms with Crippen LogP contribution in [0.1, 0.15) is 28.8 Å². The maximum Gasteiger partial charge on any atom is 0.251 e. The Balaban J connectivity index is 1.63. The molecule has 0 spiro atoms. The van der Waals surface area contributed by atoms with Crippen LogP contribution < -0.4 is 10.2 Å². The van der Waals surface area contributed by atoms with Crippen molar-refractivity contribution in [3.63, 3.8) is 0 Å². The number of hydrogen-bond acceptors (Lipinski definition) is 2. The summed E-state index contributed by atoms with van der Waals surface area (Å²) in [6, 6.07) is 15.9. The Hall–Kier alpha value is -1.81. The lowest BCUT2D eigenvalue weighted by Crippen LogP contribution is -2.23. The molecule has 0 atom stereocenters. The van der Waals surface area contributed by atoms with E-state index < -0.39 is 0 Å². The van der Waals surface area contributed by atoms with Gasteiger partial charge in [0, 0.05) is 35.4 Å². The number of carbonyl (C=O) groups excluding carboxylic acids is 1. The van der Waals surface area contributed by atoms with Crippen molar-refractivity contribution < 1.29 is 4.79 Å². The summed E-state index contributed by atoms with van der Waals surface area (Å²) >= 11 is 3.39. The summed E-state index contributed by atoms with van der Waals surface area (Å²) in [5.41, 5.74) is 3.06. The monoisotopic (exact) mass is 358 g/mol. The van der Waals surface area contributed by atoms with E-state index in [1.807, 2.05) is 24.3 Å². The summed E-state index contributed by atoms with van der Waals surface area (Å²) in [7, 11) is 0. The Bertz CT molecular complexity index is 666. The SMILES string of the molecule is O=C(NCc1cccc(N2CCCC2)c1)c1cccc(Br)c1. The second kappa shape index (κ2) is 6.97. The largest absolute Gasteiger partial charge is 0.372 e. The second-order valence-corrected chi connectivity index (χ2v) is 6.47. The molecule has 3 nitrogen and oxygen atoms in total. The van der Waals surface area contributed by atoms with Gasteiger partial charge in [-0.05, 0) is 48.7 Å². The minimum atomic E-state index is -0.0483. The minimum Gasteiger partial charge on any atom is -0.372 e. The fourth-order valence-corrected chi connectivity index (χ4v) is 3.15. The van der Waals surface area contributed by atoms with E-state index >= 15 is 0 Å². The summed E-state index contributed by atoms with van der Waals surface area (Å²) < 4.78 is 0.913. The molecule has 4 heteroatoms. The van der Waals surface area contributed by atoms with Crippen LogP contribution in [0.2, 0.25) is 0 Å². The van der Waals surface area contributed by atoms with E-state index in [4.69, 9.17) is 0 Å². The van der Waals surface area contributed by atoms with Gasteiger partial charge in [-0.3, -0.25) is 4.79 Å². The second-order valence-electron chi connectivity index (χ2n) is 5.56. The lowest BCUT2D eigenvalue weighted by atomic mass is 10.1. The molecule has 1 N–H and O–H groups in total. The highest BCUT2D eigenvalue weighted by Crippen LogP contribution is 2.21. The van der Waals surface area contributed by atoms with Crippen molar-refractivity contribution in [2.75, 3.05) is 18.0 Å². The van der Waals surface area contributed by atoms with Crippen LogP contribution in [0.3, 0.4) is 0 Å². The summed E-state index contributed by atoms with van der Waals surface area (Å²) in [6.07, 6.45) is 2.54. The number of nitrogens with one attached hydrogen (secondary N) is 1. The average Bonchev–Trinajstić information content (AvgIpc) is 3.07. The Morgan fingerprint density at radius 3 is 2.64 bits per heavy atom.